The van der Waals surface area contributed by atoms with Crippen molar-refractivity contribution in [2.75, 3.05) is 6.61 Å². The summed E-state index contributed by atoms with van der Waals surface area (Å²) in [7, 11) is 0. The molecule has 0 radical (unpaired) electrons. The van der Waals surface area contributed by atoms with Gasteiger partial charge in [-0.1, -0.05) is 57.5 Å². The molecule has 0 aliphatic heterocycles. The normalized spacial score (nSPS) is 12.1. The fraction of sp³-hybridized carbons (Fsp3) is 0.562. The summed E-state index contributed by atoms with van der Waals surface area (Å²) in [6.07, 6.45) is 5.83. The Hall–Kier alpha value is -1.09. The summed E-state index contributed by atoms with van der Waals surface area (Å²) in [5.41, 5.74) is 6.87. The summed E-state index contributed by atoms with van der Waals surface area (Å²) >= 11 is 4.99. The zero-order valence-corrected chi connectivity index (χ0v) is 12.8. The molecule has 1 unspecified atom stereocenters. The molecule has 1 aromatic carbocycles. The minimum Gasteiger partial charge on any atom is -0.494 e. The van der Waals surface area contributed by atoms with Crippen molar-refractivity contribution in [2.45, 2.75) is 46.0 Å². The first-order valence-corrected chi connectivity index (χ1v) is 7.55. The van der Waals surface area contributed by atoms with Crippen LogP contribution in [0.25, 0.3) is 0 Å². The van der Waals surface area contributed by atoms with E-state index in [0.29, 0.717) is 4.99 Å². The van der Waals surface area contributed by atoms with Gasteiger partial charge in [0.05, 0.1) is 11.6 Å². The van der Waals surface area contributed by atoms with E-state index in [1.165, 1.54) is 24.8 Å². The summed E-state index contributed by atoms with van der Waals surface area (Å²) in [6, 6.07) is 8.25. The topological polar surface area (TPSA) is 35.2 Å². The van der Waals surface area contributed by atoms with E-state index in [2.05, 4.69) is 26.0 Å². The molecular weight excluding hydrogens is 254 g/mol. The van der Waals surface area contributed by atoms with Crippen LogP contribution >= 0.6 is 12.2 Å². The number of thiocarbonyl (C=S) groups is 1. The molecule has 2 N–H and O–H groups in total. The molecule has 0 bridgehead atoms. The molecule has 0 heterocycles. The molecule has 0 saturated carbocycles. The van der Waals surface area contributed by atoms with Crippen molar-refractivity contribution in [3.8, 4) is 5.75 Å². The van der Waals surface area contributed by atoms with Crippen molar-refractivity contribution in [3.63, 3.8) is 0 Å². The van der Waals surface area contributed by atoms with E-state index in [4.69, 9.17) is 22.7 Å². The molecular formula is C16H25NOS. The second kappa shape index (κ2) is 8.92. The first kappa shape index (κ1) is 16.0. The summed E-state index contributed by atoms with van der Waals surface area (Å²) in [6.45, 7) is 5.08. The Labute approximate surface area is 122 Å². The van der Waals surface area contributed by atoms with Gasteiger partial charge in [-0.25, -0.2) is 0 Å². The van der Waals surface area contributed by atoms with E-state index in [1.54, 1.807) is 0 Å². The molecule has 0 fully saturated rings. The largest absolute Gasteiger partial charge is 0.494 e. The van der Waals surface area contributed by atoms with Crippen LogP contribution in [0.1, 0.15) is 45.1 Å². The van der Waals surface area contributed by atoms with Crippen molar-refractivity contribution in [2.24, 2.45) is 11.7 Å². The predicted molar refractivity (Wildman–Crippen MR) is 85.7 cm³/mol. The fourth-order valence-electron chi connectivity index (χ4n) is 1.89. The highest BCUT2D eigenvalue weighted by atomic mass is 32.1. The Morgan fingerprint density at radius 3 is 2.47 bits per heavy atom. The molecule has 19 heavy (non-hydrogen) atoms. The highest BCUT2D eigenvalue weighted by Crippen LogP contribution is 2.16. The molecule has 0 spiro atoms. The van der Waals surface area contributed by atoms with Crippen molar-refractivity contribution in [3.05, 3.63) is 29.8 Å². The van der Waals surface area contributed by atoms with Crippen LogP contribution in [0.15, 0.2) is 24.3 Å². The van der Waals surface area contributed by atoms with E-state index < -0.39 is 0 Å². The molecule has 0 aliphatic rings. The third kappa shape index (κ3) is 6.58. The van der Waals surface area contributed by atoms with E-state index in [0.717, 1.165) is 25.2 Å². The van der Waals surface area contributed by atoms with E-state index in [9.17, 15) is 0 Å². The Morgan fingerprint density at radius 2 is 1.89 bits per heavy atom. The van der Waals surface area contributed by atoms with Gasteiger partial charge in [-0.3, -0.25) is 0 Å². The minimum atomic E-state index is 0.246. The van der Waals surface area contributed by atoms with Crippen LogP contribution in [0.2, 0.25) is 0 Å². The molecule has 106 valence electrons. The zero-order valence-electron chi connectivity index (χ0n) is 12.0. The number of ether oxygens (including phenoxy) is 1. The van der Waals surface area contributed by atoms with Gasteiger partial charge in [0.2, 0.25) is 0 Å². The molecule has 0 aliphatic carbocycles. The monoisotopic (exact) mass is 279 g/mol. The van der Waals surface area contributed by atoms with Gasteiger partial charge < -0.3 is 10.5 Å². The van der Waals surface area contributed by atoms with Gasteiger partial charge in [0.1, 0.15) is 5.75 Å². The highest BCUT2D eigenvalue weighted by molar-refractivity contribution is 7.80. The third-order valence-corrected chi connectivity index (χ3v) is 3.62. The van der Waals surface area contributed by atoms with Gasteiger partial charge in [0.15, 0.2) is 0 Å². The smallest absolute Gasteiger partial charge is 0.119 e. The van der Waals surface area contributed by atoms with Crippen LogP contribution in [0, 0.1) is 5.92 Å². The summed E-state index contributed by atoms with van der Waals surface area (Å²) in [5, 5.41) is 0. The molecule has 0 saturated heterocycles. The Morgan fingerprint density at radius 1 is 1.21 bits per heavy atom. The van der Waals surface area contributed by atoms with Crippen LogP contribution in [0.4, 0.5) is 0 Å². The maximum atomic E-state index is 5.71. The van der Waals surface area contributed by atoms with Crippen LogP contribution < -0.4 is 10.5 Å². The maximum absolute atomic E-state index is 5.71. The van der Waals surface area contributed by atoms with Gasteiger partial charge in [0.25, 0.3) is 0 Å². The average Bonchev–Trinajstić information content (AvgIpc) is 2.40. The zero-order chi connectivity index (χ0) is 14.1. The molecule has 1 aromatic rings. The van der Waals surface area contributed by atoms with Crippen molar-refractivity contribution >= 4 is 17.2 Å². The lowest BCUT2D eigenvalue weighted by Crippen LogP contribution is -2.20. The van der Waals surface area contributed by atoms with Gasteiger partial charge in [-0.15, -0.1) is 0 Å². The van der Waals surface area contributed by atoms with Crippen LogP contribution in [0.5, 0.6) is 5.75 Å². The predicted octanol–water partition coefficient (Wildman–Crippen LogP) is 4.11. The van der Waals surface area contributed by atoms with Gasteiger partial charge >= 0.3 is 0 Å². The minimum absolute atomic E-state index is 0.246. The lowest BCUT2D eigenvalue weighted by Gasteiger charge is -2.10. The maximum Gasteiger partial charge on any atom is 0.119 e. The van der Waals surface area contributed by atoms with Crippen molar-refractivity contribution < 1.29 is 4.74 Å². The Bertz CT molecular complexity index is 375. The van der Waals surface area contributed by atoms with Gasteiger partial charge in [-0.2, -0.15) is 0 Å². The van der Waals surface area contributed by atoms with E-state index in [1.807, 2.05) is 12.1 Å². The van der Waals surface area contributed by atoms with Crippen molar-refractivity contribution in [1.82, 2.24) is 0 Å². The summed E-state index contributed by atoms with van der Waals surface area (Å²) in [4.78, 5) is 0.580. The van der Waals surface area contributed by atoms with E-state index >= 15 is 0 Å². The van der Waals surface area contributed by atoms with Crippen molar-refractivity contribution in [1.29, 1.82) is 0 Å². The van der Waals surface area contributed by atoms with Crippen LogP contribution in [-0.4, -0.2) is 11.6 Å². The first-order chi connectivity index (χ1) is 9.13. The number of hydrogen-bond acceptors (Lipinski definition) is 2. The number of nitrogens with two attached hydrogens (primary N) is 1. The second-order valence-electron chi connectivity index (χ2n) is 5.06. The molecule has 0 amide bonds. The van der Waals surface area contributed by atoms with Gasteiger partial charge in [-0.05, 0) is 30.5 Å². The van der Waals surface area contributed by atoms with Crippen LogP contribution in [0.3, 0.4) is 0 Å². The van der Waals surface area contributed by atoms with Crippen LogP contribution in [-0.2, 0) is 6.42 Å². The Balaban J connectivity index is 2.33. The summed E-state index contributed by atoms with van der Waals surface area (Å²) in [5.74, 6) is 1.19. The second-order valence-corrected chi connectivity index (χ2v) is 5.53. The first-order valence-electron chi connectivity index (χ1n) is 7.14. The lowest BCUT2D eigenvalue weighted by atomic mass is 10.0. The average molecular weight is 279 g/mol. The number of hydrogen-bond donors (Lipinski definition) is 1. The fourth-order valence-corrected chi connectivity index (χ4v) is 1.98. The van der Waals surface area contributed by atoms with E-state index in [-0.39, 0.29) is 5.92 Å². The Kier molecular flexibility index (Phi) is 7.49. The quantitative estimate of drug-likeness (QED) is 0.546. The molecule has 1 atom stereocenters. The lowest BCUT2D eigenvalue weighted by molar-refractivity contribution is 0.305. The highest BCUT2D eigenvalue weighted by Gasteiger charge is 2.06. The standard InChI is InChI=1S/C16H25NOS/c1-3-4-5-6-11-18-15-9-7-14(8-10-15)12-13(2)16(17)19/h7-10,13H,3-6,11-12H2,1-2H3,(H2,17,19). The molecule has 3 heteroatoms. The number of benzene rings is 1. The molecule has 0 aromatic heterocycles. The SMILES string of the molecule is CCCCCCOc1ccc(CC(C)C(N)=S)cc1. The summed E-state index contributed by atoms with van der Waals surface area (Å²) < 4.78 is 5.71. The molecule has 1 rings (SSSR count). The molecule has 2 nitrogen and oxygen atoms in total. The number of unbranched alkanes of at least 4 members (excludes halogenated alkanes) is 3. The third-order valence-electron chi connectivity index (χ3n) is 3.22. The number of rotatable bonds is 9. The van der Waals surface area contributed by atoms with Gasteiger partial charge in [0, 0.05) is 5.92 Å².